The van der Waals surface area contributed by atoms with E-state index in [1.807, 2.05) is 7.05 Å². The lowest BCUT2D eigenvalue weighted by Crippen LogP contribution is -2.38. The molecule has 0 radical (unpaired) electrons. The van der Waals surface area contributed by atoms with Gasteiger partial charge in [0, 0.05) is 12.1 Å². The minimum absolute atomic E-state index is 0.0913. The lowest BCUT2D eigenvalue weighted by molar-refractivity contribution is -0.385. The Hall–Kier alpha value is -1.49. The zero-order valence-electron chi connectivity index (χ0n) is 11.9. The van der Waals surface area contributed by atoms with Gasteiger partial charge in [-0.2, -0.15) is 0 Å². The highest BCUT2D eigenvalue weighted by atomic mass is 19.1. The van der Waals surface area contributed by atoms with Crippen molar-refractivity contribution < 1.29 is 9.31 Å². The molecule has 0 amide bonds. The third-order valence-electron chi connectivity index (χ3n) is 3.27. The van der Waals surface area contributed by atoms with Crippen LogP contribution in [0, 0.1) is 21.3 Å². The number of non-ortho nitro benzene ring substituents is 1. The summed E-state index contributed by atoms with van der Waals surface area (Å²) in [5.74, 6) is -0.555. The highest BCUT2D eigenvalue weighted by molar-refractivity contribution is 5.35. The number of nitro benzene ring substituents is 1. The van der Waals surface area contributed by atoms with Crippen LogP contribution in [0.5, 0.6) is 0 Å². The predicted octanol–water partition coefficient (Wildman–Crippen LogP) is 3.30. The van der Waals surface area contributed by atoms with Crippen molar-refractivity contribution in [1.82, 2.24) is 5.32 Å². The first-order valence-electron chi connectivity index (χ1n) is 6.35. The van der Waals surface area contributed by atoms with Gasteiger partial charge in [0.05, 0.1) is 11.0 Å². The monoisotopic (exact) mass is 268 g/mol. The van der Waals surface area contributed by atoms with Crippen LogP contribution in [0.15, 0.2) is 18.2 Å². The molecular weight excluding hydrogens is 247 g/mol. The maximum absolute atomic E-state index is 13.3. The Bertz CT molecular complexity index is 455. The molecule has 0 aliphatic rings. The fraction of sp³-hybridized carbons (Fsp3) is 0.571. The van der Waals surface area contributed by atoms with E-state index in [-0.39, 0.29) is 17.1 Å². The van der Waals surface area contributed by atoms with Gasteiger partial charge in [0.15, 0.2) is 0 Å². The van der Waals surface area contributed by atoms with Gasteiger partial charge < -0.3 is 5.32 Å². The second kappa shape index (κ2) is 6.10. The molecule has 0 fully saturated rings. The van der Waals surface area contributed by atoms with E-state index in [0.717, 1.165) is 12.5 Å². The van der Waals surface area contributed by atoms with Gasteiger partial charge in [-0.3, -0.25) is 10.1 Å². The number of halogens is 1. The van der Waals surface area contributed by atoms with E-state index in [2.05, 4.69) is 26.1 Å². The lowest BCUT2D eigenvalue weighted by atomic mass is 9.83. The molecule has 0 aliphatic heterocycles. The zero-order chi connectivity index (χ0) is 14.6. The number of hydrogen-bond donors (Lipinski definition) is 1. The average molecular weight is 268 g/mol. The van der Waals surface area contributed by atoms with Crippen LogP contribution in [0.25, 0.3) is 0 Å². The molecule has 0 aromatic heterocycles. The van der Waals surface area contributed by atoms with Crippen LogP contribution >= 0.6 is 0 Å². The van der Waals surface area contributed by atoms with Crippen molar-refractivity contribution in [2.45, 2.75) is 39.7 Å². The quantitative estimate of drug-likeness (QED) is 0.658. The second-order valence-corrected chi connectivity index (χ2v) is 5.82. The van der Waals surface area contributed by atoms with Gasteiger partial charge in [-0.25, -0.2) is 4.39 Å². The van der Waals surface area contributed by atoms with Crippen molar-refractivity contribution in [2.24, 2.45) is 5.41 Å². The first kappa shape index (κ1) is 15.6. The van der Waals surface area contributed by atoms with Crippen LogP contribution in [0.3, 0.4) is 0 Å². The molecule has 1 aromatic rings. The molecule has 19 heavy (non-hydrogen) atoms. The van der Waals surface area contributed by atoms with Gasteiger partial charge >= 0.3 is 0 Å². The van der Waals surface area contributed by atoms with Crippen LogP contribution in [0.4, 0.5) is 10.1 Å². The van der Waals surface area contributed by atoms with Crippen LogP contribution < -0.4 is 5.32 Å². The van der Waals surface area contributed by atoms with E-state index in [0.29, 0.717) is 12.0 Å². The molecule has 0 bridgehead atoms. The SMILES string of the molecule is CNC(CCc1cc(F)cc([N+](=O)[O-])c1)C(C)(C)C. The molecular formula is C14H21FN2O2. The van der Waals surface area contributed by atoms with Gasteiger partial charge in [-0.1, -0.05) is 20.8 Å². The normalized spacial score (nSPS) is 13.3. The van der Waals surface area contributed by atoms with Crippen molar-refractivity contribution in [3.8, 4) is 0 Å². The van der Waals surface area contributed by atoms with Crippen molar-refractivity contribution >= 4 is 5.69 Å². The summed E-state index contributed by atoms with van der Waals surface area (Å²) in [6.45, 7) is 6.38. The fourth-order valence-electron chi connectivity index (χ4n) is 2.20. The topological polar surface area (TPSA) is 55.2 Å². The third-order valence-corrected chi connectivity index (χ3v) is 3.27. The maximum Gasteiger partial charge on any atom is 0.272 e. The largest absolute Gasteiger partial charge is 0.316 e. The third kappa shape index (κ3) is 4.59. The Balaban J connectivity index is 2.80. The van der Waals surface area contributed by atoms with Crippen LogP contribution in [-0.4, -0.2) is 18.0 Å². The number of benzene rings is 1. The zero-order valence-corrected chi connectivity index (χ0v) is 11.9. The summed E-state index contributed by atoms with van der Waals surface area (Å²) in [6, 6.07) is 4.03. The molecule has 0 spiro atoms. The van der Waals surface area contributed by atoms with E-state index < -0.39 is 10.7 Å². The molecule has 4 nitrogen and oxygen atoms in total. The minimum atomic E-state index is -0.564. The number of rotatable bonds is 5. The predicted molar refractivity (Wildman–Crippen MR) is 73.7 cm³/mol. The molecule has 1 N–H and O–H groups in total. The Kier molecular flexibility index (Phi) is 5.00. The first-order chi connectivity index (χ1) is 8.74. The van der Waals surface area contributed by atoms with Crippen LogP contribution in [0.2, 0.25) is 0 Å². The van der Waals surface area contributed by atoms with E-state index in [9.17, 15) is 14.5 Å². The molecule has 106 valence electrons. The molecule has 0 heterocycles. The van der Waals surface area contributed by atoms with Gasteiger partial charge in [0.1, 0.15) is 5.82 Å². The number of hydrogen-bond acceptors (Lipinski definition) is 3. The Morgan fingerprint density at radius 1 is 1.37 bits per heavy atom. The summed E-state index contributed by atoms with van der Waals surface area (Å²) in [5.41, 5.74) is 0.566. The van der Waals surface area contributed by atoms with E-state index in [4.69, 9.17) is 0 Å². The minimum Gasteiger partial charge on any atom is -0.316 e. The van der Waals surface area contributed by atoms with Crippen LogP contribution in [-0.2, 0) is 6.42 Å². The molecule has 0 aliphatic carbocycles. The standard InChI is InChI=1S/C14H21FN2O2/c1-14(2,3)13(16-4)6-5-10-7-11(15)9-12(8-10)17(18)19/h7-9,13,16H,5-6H2,1-4H3. The van der Waals surface area contributed by atoms with Gasteiger partial charge in [0.2, 0.25) is 0 Å². The van der Waals surface area contributed by atoms with Crippen molar-refractivity contribution in [3.05, 3.63) is 39.7 Å². The summed E-state index contributed by atoms with van der Waals surface area (Å²) < 4.78 is 13.3. The number of nitrogens with one attached hydrogen (secondary N) is 1. The first-order valence-corrected chi connectivity index (χ1v) is 6.35. The van der Waals surface area contributed by atoms with Gasteiger partial charge in [0.25, 0.3) is 5.69 Å². The van der Waals surface area contributed by atoms with E-state index >= 15 is 0 Å². The summed E-state index contributed by atoms with van der Waals surface area (Å²) in [7, 11) is 1.89. The van der Waals surface area contributed by atoms with Crippen LogP contribution in [0.1, 0.15) is 32.8 Å². The summed E-state index contributed by atoms with van der Waals surface area (Å²) in [6.07, 6.45) is 1.42. The molecule has 0 saturated heterocycles. The molecule has 1 aromatic carbocycles. The van der Waals surface area contributed by atoms with Gasteiger partial charge in [-0.05, 0) is 36.9 Å². The van der Waals surface area contributed by atoms with Crippen molar-refractivity contribution in [2.75, 3.05) is 7.05 Å². The second-order valence-electron chi connectivity index (χ2n) is 5.82. The molecule has 1 rings (SSSR count). The van der Waals surface area contributed by atoms with Crippen molar-refractivity contribution in [3.63, 3.8) is 0 Å². The highest BCUT2D eigenvalue weighted by Crippen LogP contribution is 2.24. The van der Waals surface area contributed by atoms with Crippen molar-refractivity contribution in [1.29, 1.82) is 0 Å². The smallest absolute Gasteiger partial charge is 0.272 e. The average Bonchev–Trinajstić information content (AvgIpc) is 2.27. The maximum atomic E-state index is 13.3. The summed E-state index contributed by atoms with van der Waals surface area (Å²) in [5, 5.41) is 13.9. The Labute approximate surface area is 113 Å². The summed E-state index contributed by atoms with van der Waals surface area (Å²) in [4.78, 5) is 10.1. The van der Waals surface area contributed by atoms with Gasteiger partial charge in [-0.15, -0.1) is 0 Å². The molecule has 0 saturated carbocycles. The molecule has 1 atom stereocenters. The number of nitrogens with zero attached hydrogens (tertiary/aromatic N) is 1. The molecule has 5 heteroatoms. The van der Waals surface area contributed by atoms with E-state index in [1.54, 1.807) is 0 Å². The Morgan fingerprint density at radius 3 is 2.47 bits per heavy atom. The molecule has 1 unspecified atom stereocenters. The number of nitro groups is 1. The van der Waals surface area contributed by atoms with E-state index in [1.165, 1.54) is 12.1 Å². The highest BCUT2D eigenvalue weighted by Gasteiger charge is 2.22. The lowest BCUT2D eigenvalue weighted by Gasteiger charge is -2.30. The fourth-order valence-corrected chi connectivity index (χ4v) is 2.20. The number of aryl methyl sites for hydroxylation is 1. The Morgan fingerprint density at radius 2 is 2.00 bits per heavy atom. The summed E-state index contributed by atoms with van der Waals surface area (Å²) >= 11 is 0.